The summed E-state index contributed by atoms with van der Waals surface area (Å²) in [4.78, 5) is 10.7. The molecule has 0 spiro atoms. The zero-order valence-electron chi connectivity index (χ0n) is 8.49. The van der Waals surface area contributed by atoms with Gasteiger partial charge in [-0.1, -0.05) is 18.2 Å². The normalized spacial score (nSPS) is 13.9. The van der Waals surface area contributed by atoms with Crippen molar-refractivity contribution in [3.63, 3.8) is 0 Å². The van der Waals surface area contributed by atoms with Crippen LogP contribution in [0, 0.1) is 0 Å². The molecule has 4 nitrogen and oxygen atoms in total. The van der Waals surface area contributed by atoms with Gasteiger partial charge in [0.05, 0.1) is 6.61 Å². The van der Waals surface area contributed by atoms with Crippen LogP contribution in [0.1, 0.15) is 18.1 Å². The summed E-state index contributed by atoms with van der Waals surface area (Å²) < 4.78 is 5.07. The summed E-state index contributed by atoms with van der Waals surface area (Å²) in [5.41, 5.74) is 2.83. The summed E-state index contributed by atoms with van der Waals surface area (Å²) in [7, 11) is -0.796. The molecule has 0 radical (unpaired) electrons. The van der Waals surface area contributed by atoms with Crippen LogP contribution >= 0.6 is 0 Å². The van der Waals surface area contributed by atoms with Crippen LogP contribution in [0.2, 0.25) is 0 Å². The second kappa shape index (κ2) is 4.04. The zero-order valence-corrected chi connectivity index (χ0v) is 8.49. The first kappa shape index (κ1) is 10.2. The summed E-state index contributed by atoms with van der Waals surface area (Å²) in [6.45, 7) is 2.43. The van der Waals surface area contributed by atoms with Gasteiger partial charge in [-0.25, -0.2) is 0 Å². The predicted molar refractivity (Wildman–Crippen MR) is 56.4 cm³/mol. The maximum Gasteiger partial charge on any atom is 0.491 e. The number of amides is 1. The summed E-state index contributed by atoms with van der Waals surface area (Å²) in [5.74, 6) is -0.0493. The van der Waals surface area contributed by atoms with E-state index in [-0.39, 0.29) is 5.91 Å². The number of rotatable bonds is 2. The Morgan fingerprint density at radius 3 is 3.20 bits per heavy atom. The molecule has 1 aliphatic rings. The van der Waals surface area contributed by atoms with E-state index in [0.29, 0.717) is 13.2 Å². The lowest BCUT2D eigenvalue weighted by Crippen LogP contribution is -2.28. The molecule has 0 fully saturated rings. The standard InChI is InChI=1S/C10H12BNO3/c1-7(13)12-5-8-2-3-10-9(4-8)6-15-11(10)14/h2-4,14H,5-6H2,1H3,(H,12,13). The van der Waals surface area contributed by atoms with Crippen molar-refractivity contribution in [1.29, 1.82) is 0 Å². The first-order valence-electron chi connectivity index (χ1n) is 4.82. The number of nitrogens with one attached hydrogen (secondary N) is 1. The third-order valence-electron chi connectivity index (χ3n) is 2.41. The van der Waals surface area contributed by atoms with E-state index in [1.54, 1.807) is 0 Å². The van der Waals surface area contributed by atoms with Crippen molar-refractivity contribution in [3.8, 4) is 0 Å². The lowest BCUT2D eigenvalue weighted by Gasteiger charge is -2.04. The molecule has 0 saturated carbocycles. The Hall–Kier alpha value is -1.33. The highest BCUT2D eigenvalue weighted by Gasteiger charge is 2.26. The number of carbonyl (C=O) groups is 1. The molecular formula is C10H12BNO3. The van der Waals surface area contributed by atoms with Gasteiger partial charge in [-0.2, -0.15) is 0 Å². The molecule has 0 atom stereocenters. The molecule has 2 rings (SSSR count). The highest BCUT2D eigenvalue weighted by atomic mass is 16.5. The molecule has 78 valence electrons. The number of carbonyl (C=O) groups excluding carboxylic acids is 1. The topological polar surface area (TPSA) is 58.6 Å². The zero-order chi connectivity index (χ0) is 10.8. The number of fused-ring (bicyclic) bond motifs is 1. The highest BCUT2D eigenvalue weighted by Crippen LogP contribution is 2.11. The van der Waals surface area contributed by atoms with Gasteiger partial charge in [-0.3, -0.25) is 4.79 Å². The van der Waals surface area contributed by atoms with Gasteiger partial charge in [0.25, 0.3) is 0 Å². The molecule has 0 bridgehead atoms. The third kappa shape index (κ3) is 2.19. The van der Waals surface area contributed by atoms with E-state index in [9.17, 15) is 9.82 Å². The molecule has 15 heavy (non-hydrogen) atoms. The fourth-order valence-corrected chi connectivity index (χ4v) is 1.62. The average Bonchev–Trinajstić information content (AvgIpc) is 2.57. The Labute approximate surface area is 88.4 Å². The summed E-state index contributed by atoms with van der Waals surface area (Å²) in [5, 5.41) is 12.1. The molecule has 1 aliphatic heterocycles. The molecule has 1 heterocycles. The number of hydrogen-bond donors (Lipinski definition) is 2. The smallest absolute Gasteiger partial charge is 0.423 e. The Bertz CT molecular complexity index is 394. The van der Waals surface area contributed by atoms with Crippen molar-refractivity contribution in [2.75, 3.05) is 0 Å². The molecule has 0 aromatic heterocycles. The second-order valence-corrected chi connectivity index (χ2v) is 3.61. The molecule has 0 unspecified atom stereocenters. The van der Waals surface area contributed by atoms with Gasteiger partial charge in [0.2, 0.25) is 5.91 Å². The lowest BCUT2D eigenvalue weighted by atomic mass is 9.79. The maximum atomic E-state index is 10.7. The van der Waals surface area contributed by atoms with E-state index in [4.69, 9.17) is 4.65 Å². The molecule has 1 aromatic carbocycles. The largest absolute Gasteiger partial charge is 0.491 e. The van der Waals surface area contributed by atoms with Crippen LogP contribution in [0.5, 0.6) is 0 Å². The molecule has 1 aromatic rings. The highest BCUT2D eigenvalue weighted by molar-refractivity contribution is 6.61. The van der Waals surface area contributed by atoms with Crippen LogP contribution in [0.4, 0.5) is 0 Å². The van der Waals surface area contributed by atoms with Gasteiger partial charge in [-0.05, 0) is 16.6 Å². The lowest BCUT2D eigenvalue weighted by molar-refractivity contribution is -0.119. The van der Waals surface area contributed by atoms with E-state index >= 15 is 0 Å². The molecular weight excluding hydrogens is 193 g/mol. The molecule has 2 N–H and O–H groups in total. The third-order valence-corrected chi connectivity index (χ3v) is 2.41. The predicted octanol–water partition coefficient (Wildman–Crippen LogP) is -0.460. The van der Waals surface area contributed by atoms with Gasteiger partial charge in [0, 0.05) is 13.5 Å². The van der Waals surface area contributed by atoms with Gasteiger partial charge in [-0.15, -0.1) is 0 Å². The van der Waals surface area contributed by atoms with Crippen molar-refractivity contribution < 1.29 is 14.5 Å². The molecule has 0 aliphatic carbocycles. The first-order valence-corrected chi connectivity index (χ1v) is 4.82. The number of hydrogen-bond acceptors (Lipinski definition) is 3. The minimum Gasteiger partial charge on any atom is -0.423 e. The fourth-order valence-electron chi connectivity index (χ4n) is 1.62. The van der Waals surface area contributed by atoms with Crippen LogP contribution in [-0.4, -0.2) is 18.0 Å². The van der Waals surface area contributed by atoms with E-state index < -0.39 is 7.12 Å². The summed E-state index contributed by atoms with van der Waals surface area (Å²) in [6.07, 6.45) is 0. The van der Waals surface area contributed by atoms with Crippen LogP contribution in [0.15, 0.2) is 18.2 Å². The van der Waals surface area contributed by atoms with E-state index in [1.165, 1.54) is 6.92 Å². The molecule has 5 heteroatoms. The van der Waals surface area contributed by atoms with Gasteiger partial charge in [0.1, 0.15) is 0 Å². The first-order chi connectivity index (χ1) is 7.16. The van der Waals surface area contributed by atoms with Gasteiger partial charge >= 0.3 is 7.12 Å². The van der Waals surface area contributed by atoms with Crippen molar-refractivity contribution in [3.05, 3.63) is 29.3 Å². The van der Waals surface area contributed by atoms with Crippen molar-refractivity contribution in [2.45, 2.75) is 20.1 Å². The summed E-state index contributed by atoms with van der Waals surface area (Å²) in [6, 6.07) is 5.66. The van der Waals surface area contributed by atoms with E-state index in [2.05, 4.69) is 5.32 Å². The quantitative estimate of drug-likeness (QED) is 0.642. The van der Waals surface area contributed by atoms with Crippen molar-refractivity contribution in [2.24, 2.45) is 0 Å². The van der Waals surface area contributed by atoms with Crippen LogP contribution in [0.3, 0.4) is 0 Å². The fraction of sp³-hybridized carbons (Fsp3) is 0.300. The summed E-state index contributed by atoms with van der Waals surface area (Å²) >= 11 is 0. The molecule has 0 saturated heterocycles. The minimum absolute atomic E-state index is 0.0493. The van der Waals surface area contributed by atoms with Crippen LogP contribution in [0.25, 0.3) is 0 Å². The Kier molecular flexibility index (Phi) is 2.75. The monoisotopic (exact) mass is 205 g/mol. The SMILES string of the molecule is CC(=O)NCc1ccc2c(c1)COB2O. The Balaban J connectivity index is 2.12. The molecule has 1 amide bonds. The van der Waals surface area contributed by atoms with Crippen LogP contribution < -0.4 is 10.8 Å². The van der Waals surface area contributed by atoms with E-state index in [0.717, 1.165) is 16.6 Å². The minimum atomic E-state index is -0.796. The number of benzene rings is 1. The van der Waals surface area contributed by atoms with Gasteiger partial charge < -0.3 is 15.0 Å². The Morgan fingerprint density at radius 1 is 1.67 bits per heavy atom. The van der Waals surface area contributed by atoms with Gasteiger partial charge in [0.15, 0.2) is 0 Å². The van der Waals surface area contributed by atoms with Crippen molar-refractivity contribution in [1.82, 2.24) is 5.32 Å². The van der Waals surface area contributed by atoms with Crippen molar-refractivity contribution >= 4 is 18.5 Å². The average molecular weight is 205 g/mol. The second-order valence-electron chi connectivity index (χ2n) is 3.61. The Morgan fingerprint density at radius 2 is 2.47 bits per heavy atom. The van der Waals surface area contributed by atoms with Crippen LogP contribution in [-0.2, 0) is 22.6 Å². The maximum absolute atomic E-state index is 10.7. The van der Waals surface area contributed by atoms with E-state index in [1.807, 2.05) is 18.2 Å².